The van der Waals surface area contributed by atoms with Crippen LogP contribution in [-0.2, 0) is 0 Å². The molecule has 0 saturated carbocycles. The lowest BCUT2D eigenvalue weighted by molar-refractivity contribution is -0.0498. The molecule has 0 amide bonds. The number of halogens is 2. The van der Waals surface area contributed by atoms with E-state index in [1.165, 1.54) is 12.1 Å². The zero-order chi connectivity index (χ0) is 20.9. The van der Waals surface area contributed by atoms with Gasteiger partial charge in [0.05, 0.1) is 19.3 Å². The van der Waals surface area contributed by atoms with Crippen molar-refractivity contribution in [2.75, 3.05) is 26.2 Å². The van der Waals surface area contributed by atoms with Crippen LogP contribution in [0.1, 0.15) is 25.0 Å². The van der Waals surface area contributed by atoms with Crippen LogP contribution in [0, 0.1) is 0 Å². The molecule has 0 aliphatic rings. The predicted octanol–water partition coefficient (Wildman–Crippen LogP) is 3.35. The van der Waals surface area contributed by atoms with E-state index in [2.05, 4.69) is 20.4 Å². The van der Waals surface area contributed by atoms with Crippen molar-refractivity contribution in [1.82, 2.24) is 10.6 Å². The summed E-state index contributed by atoms with van der Waals surface area (Å²) in [5.41, 5.74) is 0.572. The Balaban J connectivity index is 1.76. The zero-order valence-electron chi connectivity index (χ0n) is 16.4. The highest BCUT2D eigenvalue weighted by Gasteiger charge is 2.09. The first-order chi connectivity index (χ1) is 14.1. The van der Waals surface area contributed by atoms with Gasteiger partial charge in [-0.15, -0.1) is 0 Å². The van der Waals surface area contributed by atoms with Crippen LogP contribution in [0.2, 0.25) is 0 Å². The van der Waals surface area contributed by atoms with Crippen molar-refractivity contribution < 1.29 is 23.4 Å². The van der Waals surface area contributed by atoms with Crippen molar-refractivity contribution in [2.24, 2.45) is 4.99 Å². The summed E-state index contributed by atoms with van der Waals surface area (Å²) >= 11 is 0. The number of alkyl halides is 2. The molecule has 2 rings (SSSR count). The number of para-hydroxylation sites is 1. The van der Waals surface area contributed by atoms with Gasteiger partial charge >= 0.3 is 6.61 Å². The summed E-state index contributed by atoms with van der Waals surface area (Å²) in [6.45, 7) is 1.13. The molecular weight excluding hydrogens is 380 g/mol. The fourth-order valence-corrected chi connectivity index (χ4v) is 2.48. The Hall–Kier alpha value is -2.87. The fraction of sp³-hybridized carbons (Fsp3) is 0.381. The average Bonchev–Trinajstić information content (AvgIpc) is 2.72. The van der Waals surface area contributed by atoms with Crippen LogP contribution in [0.5, 0.6) is 11.5 Å². The van der Waals surface area contributed by atoms with Crippen LogP contribution < -0.4 is 20.1 Å². The van der Waals surface area contributed by atoms with E-state index in [4.69, 9.17) is 4.74 Å². The summed E-state index contributed by atoms with van der Waals surface area (Å²) in [4.78, 5) is 4.37. The molecule has 0 saturated heterocycles. The molecular formula is C21H27F2N3O3. The Kier molecular flexibility index (Phi) is 9.71. The van der Waals surface area contributed by atoms with Gasteiger partial charge in [-0.25, -0.2) is 0 Å². The predicted molar refractivity (Wildman–Crippen MR) is 109 cm³/mol. The normalized spacial score (nSPS) is 12.5. The summed E-state index contributed by atoms with van der Waals surface area (Å²) < 4.78 is 34.3. The maximum absolute atomic E-state index is 12.2. The van der Waals surface area contributed by atoms with Crippen molar-refractivity contribution in [2.45, 2.75) is 26.1 Å². The maximum atomic E-state index is 12.2. The van der Waals surface area contributed by atoms with Gasteiger partial charge < -0.3 is 25.2 Å². The van der Waals surface area contributed by atoms with Gasteiger partial charge in [0.2, 0.25) is 0 Å². The third-order valence-corrected chi connectivity index (χ3v) is 3.88. The molecule has 0 spiro atoms. The Morgan fingerprint density at radius 3 is 2.41 bits per heavy atom. The molecule has 158 valence electrons. The summed E-state index contributed by atoms with van der Waals surface area (Å²) in [5.74, 6) is 1.47. The molecule has 0 bridgehead atoms. The highest BCUT2D eigenvalue weighted by molar-refractivity contribution is 5.79. The minimum absolute atomic E-state index is 0.0483. The molecule has 0 aromatic heterocycles. The Morgan fingerprint density at radius 1 is 1.03 bits per heavy atom. The molecule has 29 heavy (non-hydrogen) atoms. The van der Waals surface area contributed by atoms with Gasteiger partial charge in [-0.2, -0.15) is 8.78 Å². The van der Waals surface area contributed by atoms with E-state index >= 15 is 0 Å². The summed E-state index contributed by atoms with van der Waals surface area (Å²) in [6, 6.07) is 15.5. The van der Waals surface area contributed by atoms with Gasteiger partial charge in [-0.05, 0) is 43.2 Å². The molecule has 6 nitrogen and oxygen atoms in total. The number of hydrogen-bond acceptors (Lipinski definition) is 4. The first-order valence-electron chi connectivity index (χ1n) is 9.51. The number of guanidine groups is 1. The topological polar surface area (TPSA) is 75.1 Å². The van der Waals surface area contributed by atoms with Crippen LogP contribution >= 0.6 is 0 Å². The molecule has 1 atom stereocenters. The highest BCUT2D eigenvalue weighted by atomic mass is 19.3. The molecule has 2 aromatic carbocycles. The summed E-state index contributed by atoms with van der Waals surface area (Å²) in [7, 11) is 0. The van der Waals surface area contributed by atoms with Crippen molar-refractivity contribution in [3.05, 3.63) is 60.2 Å². The van der Waals surface area contributed by atoms with Crippen LogP contribution in [-0.4, -0.2) is 43.9 Å². The minimum atomic E-state index is -2.87. The number of ether oxygens (including phenoxy) is 2. The molecule has 0 radical (unpaired) electrons. The van der Waals surface area contributed by atoms with Crippen molar-refractivity contribution in [1.29, 1.82) is 0 Å². The smallest absolute Gasteiger partial charge is 0.387 e. The summed E-state index contributed by atoms with van der Waals surface area (Å²) in [6.07, 6.45) is -0.0690. The number of aliphatic imine (C=N–C) groups is 1. The number of aliphatic hydroxyl groups excluding tert-OH is 1. The van der Waals surface area contributed by atoms with E-state index in [1.807, 2.05) is 37.3 Å². The van der Waals surface area contributed by atoms with Crippen molar-refractivity contribution >= 4 is 5.96 Å². The Bertz CT molecular complexity index is 728. The molecule has 2 aromatic rings. The van der Waals surface area contributed by atoms with Gasteiger partial charge in [-0.3, -0.25) is 4.99 Å². The van der Waals surface area contributed by atoms with E-state index in [0.717, 1.165) is 12.2 Å². The Morgan fingerprint density at radius 2 is 1.76 bits per heavy atom. The van der Waals surface area contributed by atoms with Crippen LogP contribution in [0.4, 0.5) is 8.78 Å². The number of rotatable bonds is 11. The molecule has 0 fully saturated rings. The first kappa shape index (κ1) is 22.4. The molecule has 8 heteroatoms. The number of hydrogen-bond donors (Lipinski definition) is 3. The largest absolute Gasteiger partial charge is 0.494 e. The van der Waals surface area contributed by atoms with Gasteiger partial charge in [0.15, 0.2) is 5.96 Å². The number of aliphatic hydroxyl groups is 1. The van der Waals surface area contributed by atoms with E-state index in [0.29, 0.717) is 31.2 Å². The SMILES string of the molecule is CCNC(=NCC(O)c1ccc(OC(F)F)cc1)NCCCOc1ccccc1. The fourth-order valence-electron chi connectivity index (χ4n) is 2.48. The van der Waals surface area contributed by atoms with Gasteiger partial charge in [0, 0.05) is 13.1 Å². The van der Waals surface area contributed by atoms with E-state index in [-0.39, 0.29) is 12.3 Å². The average molecular weight is 407 g/mol. The van der Waals surface area contributed by atoms with Gasteiger partial charge in [0.1, 0.15) is 11.5 Å². The second-order valence-electron chi connectivity index (χ2n) is 6.12. The van der Waals surface area contributed by atoms with E-state index in [9.17, 15) is 13.9 Å². The van der Waals surface area contributed by atoms with Crippen LogP contribution in [0.15, 0.2) is 59.6 Å². The van der Waals surface area contributed by atoms with Crippen LogP contribution in [0.25, 0.3) is 0 Å². The standard InChI is InChI=1S/C21H27F2N3O3/c1-2-24-21(25-13-6-14-28-17-7-4-3-5-8-17)26-15-19(27)16-9-11-18(12-10-16)29-20(22)23/h3-5,7-12,19-20,27H,2,6,13-15H2,1H3,(H2,24,25,26). The quantitative estimate of drug-likeness (QED) is 0.303. The lowest BCUT2D eigenvalue weighted by atomic mass is 10.1. The zero-order valence-corrected chi connectivity index (χ0v) is 16.4. The molecule has 1 unspecified atom stereocenters. The number of nitrogens with zero attached hydrogens (tertiary/aromatic N) is 1. The third-order valence-electron chi connectivity index (χ3n) is 3.88. The van der Waals surface area contributed by atoms with Crippen molar-refractivity contribution in [3.8, 4) is 11.5 Å². The lowest BCUT2D eigenvalue weighted by Gasteiger charge is -2.14. The van der Waals surface area contributed by atoms with Gasteiger partial charge in [0.25, 0.3) is 0 Å². The van der Waals surface area contributed by atoms with E-state index < -0.39 is 12.7 Å². The molecule has 3 N–H and O–H groups in total. The second kappa shape index (κ2) is 12.6. The molecule has 0 aliphatic carbocycles. The second-order valence-corrected chi connectivity index (χ2v) is 6.12. The van der Waals surface area contributed by atoms with Gasteiger partial charge in [-0.1, -0.05) is 30.3 Å². The number of benzene rings is 2. The van der Waals surface area contributed by atoms with Crippen molar-refractivity contribution in [3.63, 3.8) is 0 Å². The molecule has 0 heterocycles. The maximum Gasteiger partial charge on any atom is 0.387 e. The molecule has 0 aliphatic heterocycles. The first-order valence-corrected chi connectivity index (χ1v) is 9.51. The van der Waals surface area contributed by atoms with Crippen LogP contribution in [0.3, 0.4) is 0 Å². The van der Waals surface area contributed by atoms with E-state index in [1.54, 1.807) is 12.1 Å². The Labute approximate surface area is 169 Å². The minimum Gasteiger partial charge on any atom is -0.494 e. The third kappa shape index (κ3) is 8.78. The lowest BCUT2D eigenvalue weighted by Crippen LogP contribution is -2.38. The highest BCUT2D eigenvalue weighted by Crippen LogP contribution is 2.19. The number of nitrogens with one attached hydrogen (secondary N) is 2. The monoisotopic (exact) mass is 407 g/mol. The summed E-state index contributed by atoms with van der Waals surface area (Å²) in [5, 5.41) is 16.6.